The number of primary amides is 1. The van der Waals surface area contributed by atoms with Gasteiger partial charge < -0.3 is 11.1 Å². The Balaban J connectivity index is 0.00000128. The van der Waals surface area contributed by atoms with E-state index < -0.39 is 0 Å². The molecule has 16 heavy (non-hydrogen) atoms. The van der Waals surface area contributed by atoms with Crippen molar-refractivity contribution >= 4 is 18.3 Å². The molecule has 1 amide bonds. The third-order valence-electron chi connectivity index (χ3n) is 2.96. The molecule has 1 aliphatic rings. The van der Waals surface area contributed by atoms with Gasteiger partial charge in [0, 0.05) is 12.1 Å². The van der Waals surface area contributed by atoms with Gasteiger partial charge in [-0.05, 0) is 36.9 Å². The van der Waals surface area contributed by atoms with Gasteiger partial charge >= 0.3 is 0 Å². The van der Waals surface area contributed by atoms with E-state index in [-0.39, 0.29) is 18.3 Å². The lowest BCUT2D eigenvalue weighted by molar-refractivity contribution is 0.0998. The first-order valence-electron chi connectivity index (χ1n) is 5.38. The molecule has 1 fully saturated rings. The highest BCUT2D eigenvalue weighted by Gasteiger charge is 2.19. The summed E-state index contributed by atoms with van der Waals surface area (Å²) in [5.74, 6) is 0.110. The van der Waals surface area contributed by atoms with E-state index in [0.29, 0.717) is 11.5 Å². The van der Waals surface area contributed by atoms with E-state index >= 15 is 0 Å². The van der Waals surface area contributed by atoms with Crippen molar-refractivity contribution in [2.24, 2.45) is 5.73 Å². The Hall–Kier alpha value is -1.06. The average Bonchev–Trinajstić information content (AvgIpc) is 2.30. The Morgan fingerprint density at radius 3 is 2.75 bits per heavy atom. The summed E-state index contributed by atoms with van der Waals surface area (Å²) in [6, 6.07) is 7.65. The van der Waals surface area contributed by atoms with E-state index in [0.717, 1.165) is 31.5 Å². The normalized spacial score (nSPS) is 19.9. The summed E-state index contributed by atoms with van der Waals surface area (Å²) in [5, 5.41) is 3.35. The van der Waals surface area contributed by atoms with Gasteiger partial charge in [-0.25, -0.2) is 0 Å². The van der Waals surface area contributed by atoms with Crippen LogP contribution in [0, 0.1) is 0 Å². The SMILES string of the molecule is Cl.NC(=O)c1ccccc1[C@H]1CCCNC1. The number of nitrogens with one attached hydrogen (secondary N) is 1. The average molecular weight is 241 g/mol. The topological polar surface area (TPSA) is 55.1 Å². The highest BCUT2D eigenvalue weighted by atomic mass is 35.5. The number of carbonyl (C=O) groups is 1. The molecule has 1 aromatic carbocycles. The highest BCUT2D eigenvalue weighted by Crippen LogP contribution is 2.25. The van der Waals surface area contributed by atoms with Crippen LogP contribution in [0.2, 0.25) is 0 Å². The number of rotatable bonds is 2. The van der Waals surface area contributed by atoms with Gasteiger partial charge in [0.25, 0.3) is 0 Å². The Morgan fingerprint density at radius 1 is 1.38 bits per heavy atom. The Labute approximate surface area is 102 Å². The molecule has 1 saturated heterocycles. The third kappa shape index (κ3) is 2.74. The van der Waals surface area contributed by atoms with Crippen molar-refractivity contribution < 1.29 is 4.79 Å². The molecule has 1 aromatic rings. The summed E-state index contributed by atoms with van der Waals surface area (Å²) in [6.45, 7) is 2.03. The molecule has 0 bridgehead atoms. The first kappa shape index (κ1) is 13.0. The van der Waals surface area contributed by atoms with Crippen LogP contribution in [-0.2, 0) is 0 Å². The smallest absolute Gasteiger partial charge is 0.248 e. The maximum Gasteiger partial charge on any atom is 0.248 e. The minimum absolute atomic E-state index is 0. The van der Waals surface area contributed by atoms with Crippen molar-refractivity contribution in [2.45, 2.75) is 18.8 Å². The molecule has 88 valence electrons. The monoisotopic (exact) mass is 240 g/mol. The van der Waals surface area contributed by atoms with Crippen molar-refractivity contribution in [2.75, 3.05) is 13.1 Å². The van der Waals surface area contributed by atoms with Crippen LogP contribution in [0.15, 0.2) is 24.3 Å². The number of hydrogen-bond donors (Lipinski definition) is 2. The van der Waals surface area contributed by atoms with E-state index in [1.54, 1.807) is 0 Å². The first-order valence-corrected chi connectivity index (χ1v) is 5.38. The molecule has 1 atom stereocenters. The number of piperidine rings is 1. The van der Waals surface area contributed by atoms with Gasteiger partial charge in [0.2, 0.25) is 5.91 Å². The largest absolute Gasteiger partial charge is 0.366 e. The lowest BCUT2D eigenvalue weighted by Gasteiger charge is -2.24. The lowest BCUT2D eigenvalue weighted by atomic mass is 9.88. The number of benzene rings is 1. The van der Waals surface area contributed by atoms with Crippen LogP contribution in [0.4, 0.5) is 0 Å². The third-order valence-corrected chi connectivity index (χ3v) is 2.96. The summed E-state index contributed by atoms with van der Waals surface area (Å²) >= 11 is 0. The quantitative estimate of drug-likeness (QED) is 0.827. The number of hydrogen-bond acceptors (Lipinski definition) is 2. The van der Waals surface area contributed by atoms with E-state index in [4.69, 9.17) is 5.73 Å². The molecule has 0 unspecified atom stereocenters. The maximum absolute atomic E-state index is 11.3. The van der Waals surface area contributed by atoms with Gasteiger partial charge in [-0.1, -0.05) is 18.2 Å². The Morgan fingerprint density at radius 2 is 2.12 bits per heavy atom. The number of nitrogens with two attached hydrogens (primary N) is 1. The summed E-state index contributed by atoms with van der Waals surface area (Å²) in [4.78, 5) is 11.3. The van der Waals surface area contributed by atoms with Crippen LogP contribution in [-0.4, -0.2) is 19.0 Å². The zero-order valence-electron chi connectivity index (χ0n) is 9.11. The highest BCUT2D eigenvalue weighted by molar-refractivity contribution is 5.94. The standard InChI is InChI=1S/C12H16N2O.ClH/c13-12(15)11-6-2-1-5-10(11)9-4-3-7-14-8-9;/h1-2,5-6,9,14H,3-4,7-8H2,(H2,13,15);1H/t9-;/m0./s1. The van der Waals surface area contributed by atoms with Gasteiger partial charge in [0.15, 0.2) is 0 Å². The molecular formula is C12H17ClN2O. The molecule has 0 aromatic heterocycles. The van der Waals surface area contributed by atoms with Gasteiger partial charge in [-0.2, -0.15) is 0 Å². The molecule has 0 saturated carbocycles. The van der Waals surface area contributed by atoms with Crippen LogP contribution < -0.4 is 11.1 Å². The van der Waals surface area contributed by atoms with Gasteiger partial charge in [0.05, 0.1) is 0 Å². The Bertz CT molecular complexity index is 362. The molecular weight excluding hydrogens is 224 g/mol. The minimum atomic E-state index is -0.323. The second-order valence-corrected chi connectivity index (χ2v) is 3.99. The number of amides is 1. The van der Waals surface area contributed by atoms with E-state index in [9.17, 15) is 4.79 Å². The molecule has 3 nitrogen and oxygen atoms in total. The van der Waals surface area contributed by atoms with Crippen LogP contribution in [0.5, 0.6) is 0 Å². The second-order valence-electron chi connectivity index (χ2n) is 3.99. The van der Waals surface area contributed by atoms with Crippen molar-refractivity contribution in [3.63, 3.8) is 0 Å². The van der Waals surface area contributed by atoms with Crippen molar-refractivity contribution in [3.8, 4) is 0 Å². The predicted octanol–water partition coefficient (Wildman–Crippen LogP) is 1.67. The summed E-state index contributed by atoms with van der Waals surface area (Å²) in [6.07, 6.45) is 2.30. The van der Waals surface area contributed by atoms with E-state index in [2.05, 4.69) is 5.32 Å². The molecule has 0 aliphatic carbocycles. The van der Waals surface area contributed by atoms with Crippen LogP contribution >= 0.6 is 12.4 Å². The fourth-order valence-corrected chi connectivity index (χ4v) is 2.19. The van der Waals surface area contributed by atoms with Gasteiger partial charge in [0.1, 0.15) is 0 Å². The zero-order chi connectivity index (χ0) is 10.7. The second kappa shape index (κ2) is 5.87. The van der Waals surface area contributed by atoms with Crippen LogP contribution in [0.3, 0.4) is 0 Å². The fourth-order valence-electron chi connectivity index (χ4n) is 2.19. The lowest BCUT2D eigenvalue weighted by Crippen LogP contribution is -2.29. The summed E-state index contributed by atoms with van der Waals surface area (Å²) < 4.78 is 0. The molecule has 4 heteroatoms. The van der Waals surface area contributed by atoms with Crippen LogP contribution in [0.25, 0.3) is 0 Å². The Kier molecular flexibility index (Phi) is 4.77. The van der Waals surface area contributed by atoms with Crippen molar-refractivity contribution in [1.82, 2.24) is 5.32 Å². The molecule has 0 spiro atoms. The molecule has 3 N–H and O–H groups in total. The first-order chi connectivity index (χ1) is 7.29. The van der Waals surface area contributed by atoms with Crippen molar-refractivity contribution in [3.05, 3.63) is 35.4 Å². The number of halogens is 1. The molecule has 2 rings (SSSR count). The maximum atomic E-state index is 11.3. The molecule has 1 aliphatic heterocycles. The molecule has 0 radical (unpaired) electrons. The summed E-state index contributed by atoms with van der Waals surface area (Å²) in [7, 11) is 0. The number of carbonyl (C=O) groups excluding carboxylic acids is 1. The zero-order valence-corrected chi connectivity index (χ0v) is 9.93. The fraction of sp³-hybridized carbons (Fsp3) is 0.417. The van der Waals surface area contributed by atoms with Crippen molar-refractivity contribution in [1.29, 1.82) is 0 Å². The minimum Gasteiger partial charge on any atom is -0.366 e. The predicted molar refractivity (Wildman–Crippen MR) is 67.1 cm³/mol. The van der Waals surface area contributed by atoms with E-state index in [1.807, 2.05) is 24.3 Å². The van der Waals surface area contributed by atoms with Crippen LogP contribution in [0.1, 0.15) is 34.7 Å². The van der Waals surface area contributed by atoms with Gasteiger partial charge in [-0.15, -0.1) is 12.4 Å². The summed E-state index contributed by atoms with van der Waals surface area (Å²) in [5.41, 5.74) is 7.13. The van der Waals surface area contributed by atoms with Gasteiger partial charge in [-0.3, -0.25) is 4.79 Å². The van der Waals surface area contributed by atoms with E-state index in [1.165, 1.54) is 0 Å². The molecule has 1 heterocycles.